The topological polar surface area (TPSA) is 99.7 Å². The molecule has 2 heterocycles. The number of carbonyl (C=O) groups excluding carboxylic acids is 2. The fraction of sp³-hybridized carbons (Fsp3) is 0.500. The number of piperazine rings is 1. The van der Waals surface area contributed by atoms with Crippen molar-refractivity contribution in [1.29, 1.82) is 0 Å². The number of nitrogens with one attached hydrogen (secondary N) is 1. The van der Waals surface area contributed by atoms with Crippen LogP contribution >= 0.6 is 11.3 Å². The molecule has 2 amide bonds. The lowest BCUT2D eigenvalue weighted by Crippen LogP contribution is -2.58. The van der Waals surface area contributed by atoms with Crippen molar-refractivity contribution in [2.24, 2.45) is 5.92 Å². The van der Waals surface area contributed by atoms with Gasteiger partial charge in [-0.1, -0.05) is 32.1 Å². The molecular formula is C22H26F2N4O4S2. The highest BCUT2D eigenvalue weighted by Crippen LogP contribution is 2.30. The first-order chi connectivity index (χ1) is 16.2. The van der Waals surface area contributed by atoms with Crippen LogP contribution in [-0.2, 0) is 19.6 Å². The Kier molecular flexibility index (Phi) is 7.58. The summed E-state index contributed by atoms with van der Waals surface area (Å²) < 4.78 is 53.9. The lowest BCUT2D eigenvalue weighted by molar-refractivity contribution is -0.142. The van der Waals surface area contributed by atoms with Crippen LogP contribution in [0.5, 0.6) is 0 Å². The van der Waals surface area contributed by atoms with Gasteiger partial charge >= 0.3 is 0 Å². The molecule has 2 aliphatic rings. The monoisotopic (exact) mass is 512 g/mol. The Bertz CT molecular complexity index is 1120. The van der Waals surface area contributed by atoms with Crippen molar-refractivity contribution in [3.63, 3.8) is 0 Å². The third-order valence-electron chi connectivity index (χ3n) is 6.32. The molecule has 34 heavy (non-hydrogen) atoms. The maximum absolute atomic E-state index is 13.6. The lowest BCUT2D eigenvalue weighted by Gasteiger charge is -2.39. The van der Waals surface area contributed by atoms with E-state index in [1.807, 2.05) is 0 Å². The van der Waals surface area contributed by atoms with E-state index < -0.39 is 45.0 Å². The first-order valence-corrected chi connectivity index (χ1v) is 13.5. The summed E-state index contributed by atoms with van der Waals surface area (Å²) in [5, 5.41) is 4.93. The molecule has 0 radical (unpaired) electrons. The van der Waals surface area contributed by atoms with Crippen LogP contribution in [0, 0.1) is 17.6 Å². The van der Waals surface area contributed by atoms with E-state index in [2.05, 4.69) is 10.3 Å². The second-order valence-electron chi connectivity index (χ2n) is 8.61. The molecule has 2 aromatic rings. The number of anilines is 1. The zero-order valence-corrected chi connectivity index (χ0v) is 20.1. The molecular weight excluding hydrogens is 486 g/mol. The van der Waals surface area contributed by atoms with Crippen LogP contribution in [0.25, 0.3) is 0 Å². The molecule has 1 aliphatic heterocycles. The molecule has 12 heteroatoms. The molecule has 0 spiro atoms. The van der Waals surface area contributed by atoms with Crippen LogP contribution in [0.15, 0.2) is 34.7 Å². The zero-order chi connectivity index (χ0) is 24.3. The Morgan fingerprint density at radius 2 is 1.85 bits per heavy atom. The molecule has 8 nitrogen and oxygen atoms in total. The number of benzene rings is 1. The van der Waals surface area contributed by atoms with Crippen molar-refractivity contribution >= 4 is 38.3 Å². The minimum absolute atomic E-state index is 0.00145. The average molecular weight is 513 g/mol. The number of sulfonamides is 1. The second-order valence-corrected chi connectivity index (χ2v) is 11.4. The molecule has 1 aromatic heterocycles. The van der Waals surface area contributed by atoms with Crippen molar-refractivity contribution in [1.82, 2.24) is 14.2 Å². The van der Waals surface area contributed by atoms with E-state index in [-0.39, 0.29) is 19.0 Å². The zero-order valence-electron chi connectivity index (χ0n) is 18.5. The maximum Gasteiger partial charge on any atom is 0.248 e. The molecule has 1 saturated heterocycles. The van der Waals surface area contributed by atoms with E-state index in [1.165, 1.54) is 16.2 Å². The lowest BCUT2D eigenvalue weighted by atomic mass is 9.84. The fourth-order valence-electron chi connectivity index (χ4n) is 4.61. The van der Waals surface area contributed by atoms with Gasteiger partial charge in [0.05, 0.1) is 11.4 Å². The summed E-state index contributed by atoms with van der Waals surface area (Å²) >= 11 is 1.27. The third-order valence-corrected chi connectivity index (χ3v) is 8.83. The molecule has 1 aliphatic carbocycles. The third kappa shape index (κ3) is 5.61. The van der Waals surface area contributed by atoms with E-state index in [0.29, 0.717) is 23.5 Å². The van der Waals surface area contributed by atoms with Gasteiger partial charge in [-0.25, -0.2) is 22.2 Å². The number of rotatable bonds is 7. The first kappa shape index (κ1) is 24.7. The molecule has 0 bridgehead atoms. The Balaban J connectivity index is 1.51. The highest BCUT2D eigenvalue weighted by Gasteiger charge is 2.39. The first-order valence-electron chi connectivity index (χ1n) is 11.2. The number of halogens is 2. The molecule has 4 rings (SSSR count). The van der Waals surface area contributed by atoms with Gasteiger partial charge in [0.1, 0.15) is 17.7 Å². The molecule has 184 valence electrons. The van der Waals surface area contributed by atoms with Gasteiger partial charge in [-0.2, -0.15) is 4.31 Å². The van der Waals surface area contributed by atoms with Gasteiger partial charge in [-0.05, 0) is 24.5 Å². The quantitative estimate of drug-likeness (QED) is 0.614. The molecule has 1 aromatic carbocycles. The normalized spacial score (nSPS) is 19.2. The smallest absolute Gasteiger partial charge is 0.248 e. The Morgan fingerprint density at radius 1 is 1.15 bits per heavy atom. The summed E-state index contributed by atoms with van der Waals surface area (Å²) in [6.07, 6.45) is 7.34. The van der Waals surface area contributed by atoms with Gasteiger partial charge < -0.3 is 10.2 Å². The molecule has 2 fully saturated rings. The summed E-state index contributed by atoms with van der Waals surface area (Å²) in [6.45, 7) is -0.595. The van der Waals surface area contributed by atoms with Crippen LogP contribution in [0.2, 0.25) is 0 Å². The van der Waals surface area contributed by atoms with Crippen LogP contribution in [0.3, 0.4) is 0 Å². The van der Waals surface area contributed by atoms with Crippen molar-refractivity contribution < 1.29 is 26.8 Å². The molecule has 1 atom stereocenters. The number of thiazole rings is 1. The highest BCUT2D eigenvalue weighted by atomic mass is 32.2. The van der Waals surface area contributed by atoms with Crippen LogP contribution in [0.4, 0.5) is 13.9 Å². The van der Waals surface area contributed by atoms with Crippen molar-refractivity contribution in [3.05, 3.63) is 41.4 Å². The van der Waals surface area contributed by atoms with E-state index in [0.717, 1.165) is 48.5 Å². The van der Waals surface area contributed by atoms with E-state index in [4.69, 9.17) is 0 Å². The van der Waals surface area contributed by atoms with Crippen LogP contribution in [0.1, 0.15) is 38.5 Å². The minimum atomic E-state index is -4.28. The highest BCUT2D eigenvalue weighted by molar-refractivity contribution is 7.89. The minimum Gasteiger partial charge on any atom is -0.328 e. The SMILES string of the molecule is O=C(Nc1nccs1)C(CC1CCCCC1)N1CCN(S(=O)(=O)c2cc(F)cc(F)c2)CC1=O. The van der Waals surface area contributed by atoms with Crippen molar-refractivity contribution in [3.8, 4) is 0 Å². The second kappa shape index (κ2) is 10.4. The standard InChI is InChI=1S/C22H26F2N4O4S2/c23-16-11-17(24)13-18(12-16)34(31,32)27-7-8-28(20(29)14-27)19(10-15-4-2-1-3-5-15)21(30)26-22-25-6-9-33-22/h6,9,11-13,15,19H,1-5,7-8,10,14H2,(H,25,26,30). The summed E-state index contributed by atoms with van der Waals surface area (Å²) in [6, 6.07) is 1.28. The summed E-state index contributed by atoms with van der Waals surface area (Å²) in [4.78, 5) is 31.2. The average Bonchev–Trinajstić information content (AvgIpc) is 3.30. The van der Waals surface area contributed by atoms with Gasteiger partial charge in [0, 0.05) is 30.7 Å². The fourth-order valence-corrected chi connectivity index (χ4v) is 6.57. The number of amides is 2. The Hall–Kier alpha value is -2.44. The largest absolute Gasteiger partial charge is 0.328 e. The van der Waals surface area contributed by atoms with Crippen molar-refractivity contribution in [2.45, 2.75) is 49.5 Å². The van der Waals surface area contributed by atoms with Gasteiger partial charge in [-0.15, -0.1) is 11.3 Å². The molecule has 1 saturated carbocycles. The number of aromatic nitrogens is 1. The predicted molar refractivity (Wildman–Crippen MR) is 123 cm³/mol. The van der Waals surface area contributed by atoms with Gasteiger partial charge in [0.25, 0.3) is 0 Å². The summed E-state index contributed by atoms with van der Waals surface area (Å²) in [7, 11) is -4.28. The van der Waals surface area contributed by atoms with Gasteiger partial charge in [0.2, 0.25) is 21.8 Å². The van der Waals surface area contributed by atoms with Crippen LogP contribution < -0.4 is 5.32 Å². The summed E-state index contributed by atoms with van der Waals surface area (Å²) in [5.74, 6) is -2.62. The van der Waals surface area contributed by atoms with E-state index in [9.17, 15) is 26.8 Å². The van der Waals surface area contributed by atoms with E-state index >= 15 is 0 Å². The Morgan fingerprint density at radius 3 is 2.47 bits per heavy atom. The predicted octanol–water partition coefficient (Wildman–Crippen LogP) is 3.23. The molecule has 1 unspecified atom stereocenters. The Labute approximate surface area is 201 Å². The van der Waals surface area contributed by atoms with E-state index in [1.54, 1.807) is 11.6 Å². The van der Waals surface area contributed by atoms with Crippen LogP contribution in [-0.4, -0.2) is 60.1 Å². The maximum atomic E-state index is 13.6. The number of hydrogen-bond acceptors (Lipinski definition) is 6. The summed E-state index contributed by atoms with van der Waals surface area (Å²) in [5.41, 5.74) is 0. The van der Waals surface area contributed by atoms with Gasteiger partial charge in [0.15, 0.2) is 5.13 Å². The number of carbonyl (C=O) groups is 2. The van der Waals surface area contributed by atoms with Crippen molar-refractivity contribution in [2.75, 3.05) is 25.0 Å². The molecule has 1 N–H and O–H groups in total. The number of hydrogen-bond donors (Lipinski definition) is 1. The van der Waals surface area contributed by atoms with Gasteiger partial charge in [-0.3, -0.25) is 9.59 Å². The number of nitrogens with zero attached hydrogens (tertiary/aromatic N) is 3.